The molecule has 1 saturated heterocycles. The molecule has 1 fully saturated rings. The Morgan fingerprint density at radius 1 is 1.44 bits per heavy atom. The first-order valence-electron chi connectivity index (χ1n) is 6.11. The molecular weight excluding hydrogens is 200 g/mol. The van der Waals surface area contributed by atoms with Crippen LogP contribution in [0.15, 0.2) is 12.4 Å². The van der Waals surface area contributed by atoms with Gasteiger partial charge in [-0.1, -0.05) is 13.3 Å². The summed E-state index contributed by atoms with van der Waals surface area (Å²) in [5.74, 6) is 0.829. The first kappa shape index (κ1) is 11.3. The molecule has 2 N–H and O–H groups in total. The van der Waals surface area contributed by atoms with Crippen LogP contribution in [-0.4, -0.2) is 29.1 Å². The van der Waals surface area contributed by atoms with Crippen LogP contribution in [0.5, 0.6) is 0 Å². The highest BCUT2D eigenvalue weighted by Gasteiger charge is 2.18. The van der Waals surface area contributed by atoms with Crippen molar-refractivity contribution in [3.8, 4) is 0 Å². The van der Waals surface area contributed by atoms with Crippen LogP contribution in [0.25, 0.3) is 0 Å². The number of nitrogens with zero attached hydrogens (tertiary/aromatic N) is 3. The number of nitrogens with two attached hydrogens (primary N) is 1. The summed E-state index contributed by atoms with van der Waals surface area (Å²) in [5.41, 5.74) is 7.16. The summed E-state index contributed by atoms with van der Waals surface area (Å²) < 4.78 is 0. The molecule has 1 aromatic heterocycles. The molecule has 0 spiro atoms. The van der Waals surface area contributed by atoms with E-state index in [9.17, 15) is 0 Å². The standard InChI is InChI=1S/C12H20N4/c1-2-4-10-7-14-12(15-8-10)16-6-3-5-11(13)9-16/h7-8,11H,2-6,9,13H2,1H3. The first-order valence-corrected chi connectivity index (χ1v) is 6.11. The SMILES string of the molecule is CCCc1cnc(N2CCCC(N)C2)nc1. The van der Waals surface area contributed by atoms with Gasteiger partial charge in [0.15, 0.2) is 0 Å². The fourth-order valence-electron chi connectivity index (χ4n) is 2.12. The Labute approximate surface area is 96.9 Å². The minimum Gasteiger partial charge on any atom is -0.339 e. The summed E-state index contributed by atoms with van der Waals surface area (Å²) >= 11 is 0. The molecule has 1 unspecified atom stereocenters. The Balaban J connectivity index is 2.03. The fourth-order valence-corrected chi connectivity index (χ4v) is 2.12. The molecule has 16 heavy (non-hydrogen) atoms. The Morgan fingerprint density at radius 3 is 2.81 bits per heavy atom. The third-order valence-electron chi connectivity index (χ3n) is 2.97. The van der Waals surface area contributed by atoms with Crippen molar-refractivity contribution in [2.24, 2.45) is 5.73 Å². The van der Waals surface area contributed by atoms with Crippen molar-refractivity contribution in [2.45, 2.75) is 38.6 Å². The highest BCUT2D eigenvalue weighted by atomic mass is 15.3. The Morgan fingerprint density at radius 2 is 2.19 bits per heavy atom. The summed E-state index contributed by atoms with van der Waals surface area (Å²) in [6, 6.07) is 0.271. The van der Waals surface area contributed by atoms with Crippen LogP contribution in [0.3, 0.4) is 0 Å². The minimum atomic E-state index is 0.271. The first-order chi connectivity index (χ1) is 7.79. The highest BCUT2D eigenvalue weighted by molar-refractivity contribution is 5.31. The van der Waals surface area contributed by atoms with Crippen molar-refractivity contribution in [3.05, 3.63) is 18.0 Å². The molecule has 88 valence electrons. The van der Waals surface area contributed by atoms with Crippen molar-refractivity contribution >= 4 is 5.95 Å². The van der Waals surface area contributed by atoms with Gasteiger partial charge in [-0.25, -0.2) is 9.97 Å². The average Bonchev–Trinajstić information content (AvgIpc) is 2.30. The minimum absolute atomic E-state index is 0.271. The summed E-state index contributed by atoms with van der Waals surface area (Å²) in [7, 11) is 0. The van der Waals surface area contributed by atoms with E-state index in [1.54, 1.807) is 0 Å². The molecule has 0 radical (unpaired) electrons. The molecule has 0 bridgehead atoms. The van der Waals surface area contributed by atoms with Gasteiger partial charge in [0.05, 0.1) is 0 Å². The third-order valence-corrected chi connectivity index (χ3v) is 2.97. The number of piperidine rings is 1. The maximum Gasteiger partial charge on any atom is 0.225 e. The molecule has 4 nitrogen and oxygen atoms in total. The van der Waals surface area contributed by atoms with Gasteiger partial charge < -0.3 is 10.6 Å². The fraction of sp³-hybridized carbons (Fsp3) is 0.667. The van der Waals surface area contributed by atoms with Crippen LogP contribution < -0.4 is 10.6 Å². The number of anilines is 1. The molecule has 1 aliphatic heterocycles. The van der Waals surface area contributed by atoms with Gasteiger partial charge in [0.1, 0.15) is 0 Å². The van der Waals surface area contributed by atoms with Gasteiger partial charge >= 0.3 is 0 Å². The molecule has 1 atom stereocenters. The second-order valence-corrected chi connectivity index (χ2v) is 4.49. The van der Waals surface area contributed by atoms with Gasteiger partial charge in [0, 0.05) is 31.5 Å². The van der Waals surface area contributed by atoms with Crippen molar-refractivity contribution in [1.82, 2.24) is 9.97 Å². The van der Waals surface area contributed by atoms with E-state index in [1.165, 1.54) is 5.56 Å². The van der Waals surface area contributed by atoms with Gasteiger partial charge in [-0.3, -0.25) is 0 Å². The lowest BCUT2D eigenvalue weighted by Crippen LogP contribution is -2.43. The van der Waals surface area contributed by atoms with Crippen LogP contribution in [0.4, 0.5) is 5.95 Å². The lowest BCUT2D eigenvalue weighted by Gasteiger charge is -2.30. The maximum atomic E-state index is 5.94. The largest absolute Gasteiger partial charge is 0.339 e. The zero-order chi connectivity index (χ0) is 11.4. The molecule has 4 heteroatoms. The number of rotatable bonds is 3. The number of hydrogen-bond acceptors (Lipinski definition) is 4. The second-order valence-electron chi connectivity index (χ2n) is 4.49. The van der Waals surface area contributed by atoms with Crippen molar-refractivity contribution in [2.75, 3.05) is 18.0 Å². The van der Waals surface area contributed by atoms with E-state index in [4.69, 9.17) is 5.73 Å². The second kappa shape index (κ2) is 5.25. The van der Waals surface area contributed by atoms with E-state index in [-0.39, 0.29) is 6.04 Å². The molecule has 0 aromatic carbocycles. The number of aromatic nitrogens is 2. The Kier molecular flexibility index (Phi) is 3.72. The predicted molar refractivity (Wildman–Crippen MR) is 65.4 cm³/mol. The van der Waals surface area contributed by atoms with E-state index in [1.807, 2.05) is 12.4 Å². The van der Waals surface area contributed by atoms with Crippen molar-refractivity contribution < 1.29 is 0 Å². The molecule has 0 saturated carbocycles. The quantitative estimate of drug-likeness (QED) is 0.835. The molecule has 0 amide bonds. The normalized spacial score (nSPS) is 21.1. The van der Waals surface area contributed by atoms with Crippen LogP contribution in [0, 0.1) is 0 Å². The van der Waals surface area contributed by atoms with E-state index < -0.39 is 0 Å². The highest BCUT2D eigenvalue weighted by Crippen LogP contribution is 2.14. The van der Waals surface area contributed by atoms with E-state index >= 15 is 0 Å². The zero-order valence-electron chi connectivity index (χ0n) is 9.89. The number of hydrogen-bond donors (Lipinski definition) is 1. The third kappa shape index (κ3) is 2.70. The topological polar surface area (TPSA) is 55.0 Å². The van der Waals surface area contributed by atoms with E-state index in [2.05, 4.69) is 21.8 Å². The van der Waals surface area contributed by atoms with Crippen molar-refractivity contribution in [1.29, 1.82) is 0 Å². The van der Waals surface area contributed by atoms with E-state index in [0.29, 0.717) is 0 Å². The molecule has 2 heterocycles. The molecular formula is C12H20N4. The molecule has 2 rings (SSSR count). The summed E-state index contributed by atoms with van der Waals surface area (Å²) in [4.78, 5) is 11.0. The van der Waals surface area contributed by atoms with Crippen LogP contribution in [0.2, 0.25) is 0 Å². The van der Waals surface area contributed by atoms with Crippen LogP contribution >= 0.6 is 0 Å². The summed E-state index contributed by atoms with van der Waals surface area (Å²) in [6.07, 6.45) is 8.32. The van der Waals surface area contributed by atoms with Gasteiger partial charge in [-0.05, 0) is 24.8 Å². The lowest BCUT2D eigenvalue weighted by molar-refractivity contribution is 0.499. The summed E-state index contributed by atoms with van der Waals surface area (Å²) in [5, 5.41) is 0. The van der Waals surface area contributed by atoms with Gasteiger partial charge in [-0.15, -0.1) is 0 Å². The van der Waals surface area contributed by atoms with Gasteiger partial charge in [0.2, 0.25) is 5.95 Å². The van der Waals surface area contributed by atoms with E-state index in [0.717, 1.165) is 44.7 Å². The molecule has 1 aliphatic rings. The van der Waals surface area contributed by atoms with Crippen molar-refractivity contribution in [3.63, 3.8) is 0 Å². The molecule has 1 aromatic rings. The monoisotopic (exact) mass is 220 g/mol. The Bertz CT molecular complexity index is 322. The maximum absolute atomic E-state index is 5.94. The van der Waals surface area contributed by atoms with Gasteiger partial charge in [-0.2, -0.15) is 0 Å². The van der Waals surface area contributed by atoms with Crippen LogP contribution in [-0.2, 0) is 6.42 Å². The predicted octanol–water partition coefficient (Wildman–Crippen LogP) is 1.36. The zero-order valence-corrected chi connectivity index (χ0v) is 9.89. The molecule has 0 aliphatic carbocycles. The average molecular weight is 220 g/mol. The summed E-state index contributed by atoms with van der Waals surface area (Å²) in [6.45, 7) is 4.07. The Hall–Kier alpha value is -1.16. The lowest BCUT2D eigenvalue weighted by atomic mass is 10.1. The smallest absolute Gasteiger partial charge is 0.225 e. The van der Waals surface area contributed by atoms with Crippen LogP contribution in [0.1, 0.15) is 31.7 Å². The number of aryl methyl sites for hydroxylation is 1. The van der Waals surface area contributed by atoms with Gasteiger partial charge in [0.25, 0.3) is 0 Å².